The van der Waals surface area contributed by atoms with Crippen LogP contribution >= 0.6 is 0 Å². The van der Waals surface area contributed by atoms with Crippen molar-refractivity contribution in [3.63, 3.8) is 0 Å². The molecule has 0 aromatic carbocycles. The molecule has 29 heavy (non-hydrogen) atoms. The van der Waals surface area contributed by atoms with Crippen LogP contribution < -0.4 is 5.32 Å². The number of sulfonamides is 1. The highest BCUT2D eigenvalue weighted by atomic mass is 32.2. The quantitative estimate of drug-likeness (QED) is 0.321. The molecule has 2 saturated heterocycles. The third kappa shape index (κ3) is 8.39. The van der Waals surface area contributed by atoms with Crippen LogP contribution in [0.2, 0.25) is 0 Å². The first kappa shape index (κ1) is 24.4. The first-order chi connectivity index (χ1) is 14.0. The van der Waals surface area contributed by atoms with Crippen LogP contribution in [0.25, 0.3) is 0 Å². The van der Waals surface area contributed by atoms with Gasteiger partial charge in [0.05, 0.1) is 24.6 Å². The molecule has 9 heteroatoms. The first-order valence-electron chi connectivity index (χ1n) is 11.2. The Morgan fingerprint density at radius 3 is 2.62 bits per heavy atom. The lowest BCUT2D eigenvalue weighted by molar-refractivity contribution is -0.0721. The lowest BCUT2D eigenvalue weighted by Crippen LogP contribution is -2.47. The van der Waals surface area contributed by atoms with E-state index in [-0.39, 0.29) is 11.9 Å². The van der Waals surface area contributed by atoms with E-state index in [1.807, 2.05) is 0 Å². The lowest BCUT2D eigenvalue weighted by Gasteiger charge is -2.35. The second-order valence-corrected chi connectivity index (χ2v) is 10.2. The van der Waals surface area contributed by atoms with Crippen molar-refractivity contribution in [3.8, 4) is 0 Å². The minimum atomic E-state index is -3.11. The zero-order chi connectivity index (χ0) is 21.1. The van der Waals surface area contributed by atoms with Gasteiger partial charge in [-0.15, -0.1) is 0 Å². The third-order valence-electron chi connectivity index (χ3n) is 5.60. The first-order valence-corrected chi connectivity index (χ1v) is 12.8. The smallest absolute Gasteiger partial charge is 0.213 e. The monoisotopic (exact) mass is 432 g/mol. The van der Waals surface area contributed by atoms with Crippen molar-refractivity contribution in [2.75, 3.05) is 58.7 Å². The van der Waals surface area contributed by atoms with Gasteiger partial charge in [-0.2, -0.15) is 0 Å². The van der Waals surface area contributed by atoms with Gasteiger partial charge in [0.1, 0.15) is 0 Å². The summed E-state index contributed by atoms with van der Waals surface area (Å²) in [6.07, 6.45) is 6.81. The van der Waals surface area contributed by atoms with Crippen LogP contribution in [-0.2, 0) is 19.5 Å². The molecule has 2 heterocycles. The highest BCUT2D eigenvalue weighted by Crippen LogP contribution is 2.18. The Morgan fingerprint density at radius 2 is 2.00 bits per heavy atom. The molecule has 1 N–H and O–H groups in total. The molecule has 0 bridgehead atoms. The number of likely N-dealkylation sites (tertiary alicyclic amines) is 1. The molecule has 2 aliphatic rings. The van der Waals surface area contributed by atoms with Crippen molar-refractivity contribution in [1.29, 1.82) is 0 Å². The fourth-order valence-corrected chi connectivity index (χ4v) is 4.53. The van der Waals surface area contributed by atoms with Gasteiger partial charge in [0.2, 0.25) is 10.0 Å². The number of guanidine groups is 1. The standard InChI is InChI=1S/C20H40N4O4S/c1-4-21-20(22-12-8-13-23(3)29(25,26)5-2)24-14-10-18(11-15-24)28-17-19-9-6-7-16-27-19/h18-19H,4-17H2,1-3H3,(H,21,22). The minimum absolute atomic E-state index is 0.138. The zero-order valence-corrected chi connectivity index (χ0v) is 19.3. The molecule has 2 aliphatic heterocycles. The Hall–Kier alpha value is -0.900. The maximum atomic E-state index is 11.8. The molecule has 0 radical (unpaired) electrons. The van der Waals surface area contributed by atoms with Gasteiger partial charge in [0.25, 0.3) is 0 Å². The highest BCUT2D eigenvalue weighted by Gasteiger charge is 2.23. The van der Waals surface area contributed by atoms with Gasteiger partial charge in [-0.1, -0.05) is 0 Å². The van der Waals surface area contributed by atoms with Crippen LogP contribution in [-0.4, -0.2) is 94.5 Å². The maximum Gasteiger partial charge on any atom is 0.213 e. The van der Waals surface area contributed by atoms with Crippen molar-refractivity contribution in [1.82, 2.24) is 14.5 Å². The molecular weight excluding hydrogens is 392 g/mol. The van der Waals surface area contributed by atoms with Crippen LogP contribution in [0.3, 0.4) is 0 Å². The Bertz CT molecular complexity index is 585. The van der Waals surface area contributed by atoms with Gasteiger partial charge < -0.3 is 19.7 Å². The molecule has 0 spiro atoms. The molecule has 170 valence electrons. The van der Waals surface area contributed by atoms with E-state index in [0.29, 0.717) is 32.2 Å². The van der Waals surface area contributed by atoms with Gasteiger partial charge >= 0.3 is 0 Å². The van der Waals surface area contributed by atoms with Crippen molar-refractivity contribution >= 4 is 16.0 Å². The number of rotatable bonds is 10. The van der Waals surface area contributed by atoms with Gasteiger partial charge in [-0.25, -0.2) is 12.7 Å². The normalized spacial score (nSPS) is 22.3. The predicted molar refractivity (Wildman–Crippen MR) is 117 cm³/mol. The van der Waals surface area contributed by atoms with Crippen molar-refractivity contribution in [2.45, 2.75) is 64.6 Å². The van der Waals surface area contributed by atoms with E-state index in [1.54, 1.807) is 14.0 Å². The lowest BCUT2D eigenvalue weighted by atomic mass is 10.1. The van der Waals surface area contributed by atoms with Crippen LogP contribution in [0.4, 0.5) is 0 Å². The van der Waals surface area contributed by atoms with E-state index >= 15 is 0 Å². The average molecular weight is 433 g/mol. The molecular formula is C20H40N4O4S. The maximum absolute atomic E-state index is 11.8. The van der Waals surface area contributed by atoms with Crippen molar-refractivity contribution in [3.05, 3.63) is 0 Å². The average Bonchev–Trinajstić information content (AvgIpc) is 2.75. The molecule has 2 fully saturated rings. The van der Waals surface area contributed by atoms with Gasteiger partial charge in [0.15, 0.2) is 5.96 Å². The summed E-state index contributed by atoms with van der Waals surface area (Å²) in [5, 5.41) is 3.36. The second-order valence-electron chi connectivity index (χ2n) is 7.82. The topological polar surface area (TPSA) is 83.5 Å². The molecule has 8 nitrogen and oxygen atoms in total. The SMILES string of the molecule is CCNC(=NCCCN(C)S(=O)(=O)CC)N1CCC(OCC2CCCCO2)CC1. The summed E-state index contributed by atoms with van der Waals surface area (Å²) >= 11 is 0. The Labute approximate surface area is 177 Å². The van der Waals surface area contributed by atoms with E-state index in [9.17, 15) is 8.42 Å². The Kier molecular flexibility index (Phi) is 10.7. The fourth-order valence-electron chi connectivity index (χ4n) is 3.68. The van der Waals surface area contributed by atoms with E-state index < -0.39 is 10.0 Å². The van der Waals surface area contributed by atoms with Gasteiger partial charge in [0, 0.05) is 46.4 Å². The van der Waals surface area contributed by atoms with Crippen LogP contribution in [0, 0.1) is 0 Å². The predicted octanol–water partition coefficient (Wildman–Crippen LogP) is 1.67. The van der Waals surface area contributed by atoms with Crippen molar-refractivity contribution in [2.24, 2.45) is 4.99 Å². The summed E-state index contributed by atoms with van der Waals surface area (Å²) < 4.78 is 36.9. The van der Waals surface area contributed by atoms with E-state index in [4.69, 9.17) is 14.5 Å². The van der Waals surface area contributed by atoms with E-state index in [2.05, 4.69) is 17.1 Å². The number of ether oxygens (including phenoxy) is 2. The van der Waals surface area contributed by atoms with E-state index in [0.717, 1.165) is 51.5 Å². The van der Waals surface area contributed by atoms with E-state index in [1.165, 1.54) is 17.1 Å². The number of nitrogens with one attached hydrogen (secondary N) is 1. The molecule has 0 aromatic heterocycles. The van der Waals surface area contributed by atoms with Crippen LogP contribution in [0.5, 0.6) is 0 Å². The summed E-state index contributed by atoms with van der Waals surface area (Å²) in [6, 6.07) is 0. The molecule has 0 aromatic rings. The summed E-state index contributed by atoms with van der Waals surface area (Å²) in [7, 11) is -1.48. The van der Waals surface area contributed by atoms with Crippen molar-refractivity contribution < 1.29 is 17.9 Å². The van der Waals surface area contributed by atoms with Gasteiger partial charge in [-0.05, 0) is 52.4 Å². The van der Waals surface area contributed by atoms with Crippen LogP contribution in [0.1, 0.15) is 52.4 Å². The Morgan fingerprint density at radius 1 is 1.24 bits per heavy atom. The second kappa shape index (κ2) is 12.7. The molecule has 0 amide bonds. The summed E-state index contributed by atoms with van der Waals surface area (Å²) in [4.78, 5) is 7.00. The largest absolute Gasteiger partial charge is 0.376 e. The third-order valence-corrected chi connectivity index (χ3v) is 7.46. The summed E-state index contributed by atoms with van der Waals surface area (Å²) in [5.41, 5.74) is 0. The number of hydrogen-bond donors (Lipinski definition) is 1. The Balaban J connectivity index is 1.72. The number of hydrogen-bond acceptors (Lipinski definition) is 5. The minimum Gasteiger partial charge on any atom is -0.376 e. The number of piperidine rings is 1. The van der Waals surface area contributed by atoms with Gasteiger partial charge in [-0.3, -0.25) is 4.99 Å². The molecule has 1 atom stereocenters. The highest BCUT2D eigenvalue weighted by molar-refractivity contribution is 7.89. The summed E-state index contributed by atoms with van der Waals surface area (Å²) in [6.45, 7) is 9.10. The fraction of sp³-hybridized carbons (Fsp3) is 0.950. The number of aliphatic imine (C=N–C) groups is 1. The number of nitrogens with zero attached hydrogens (tertiary/aromatic N) is 3. The zero-order valence-electron chi connectivity index (χ0n) is 18.4. The molecule has 2 rings (SSSR count). The molecule has 0 saturated carbocycles. The van der Waals surface area contributed by atoms with Crippen LogP contribution in [0.15, 0.2) is 4.99 Å². The molecule has 0 aliphatic carbocycles. The summed E-state index contributed by atoms with van der Waals surface area (Å²) in [5.74, 6) is 1.06. The molecule has 1 unspecified atom stereocenters.